The molecule has 0 aliphatic carbocycles. The third kappa shape index (κ3) is 3.08. The fraction of sp³-hybridized carbons (Fsp3) is 0.188. The number of thioether (sulfide) groups is 1. The zero-order valence-electron chi connectivity index (χ0n) is 13.6. The SMILES string of the molecule is Cc1cc(=O)n2nc(CSc3nnc(-c4ccccc4)n3C)sc2n1. The molecule has 3 aromatic heterocycles. The van der Waals surface area contributed by atoms with E-state index in [4.69, 9.17) is 0 Å². The van der Waals surface area contributed by atoms with Crippen LogP contribution in [0.25, 0.3) is 16.3 Å². The molecule has 0 saturated carbocycles. The first kappa shape index (κ1) is 16.0. The Kier molecular flexibility index (Phi) is 4.10. The lowest BCUT2D eigenvalue weighted by Crippen LogP contribution is -2.14. The van der Waals surface area contributed by atoms with Gasteiger partial charge >= 0.3 is 0 Å². The van der Waals surface area contributed by atoms with Crippen LogP contribution in [0.1, 0.15) is 10.7 Å². The molecule has 0 amide bonds. The van der Waals surface area contributed by atoms with E-state index in [0.29, 0.717) is 16.4 Å². The van der Waals surface area contributed by atoms with Gasteiger partial charge in [0, 0.05) is 24.4 Å². The molecule has 0 aliphatic heterocycles. The summed E-state index contributed by atoms with van der Waals surface area (Å²) in [6.07, 6.45) is 0. The average Bonchev–Trinajstić information content (AvgIpc) is 3.17. The lowest BCUT2D eigenvalue weighted by molar-refractivity contribution is 0.793. The van der Waals surface area contributed by atoms with Crippen LogP contribution in [0.4, 0.5) is 0 Å². The van der Waals surface area contributed by atoms with Crippen molar-refractivity contribution in [2.45, 2.75) is 17.8 Å². The Morgan fingerprint density at radius 1 is 1.20 bits per heavy atom. The van der Waals surface area contributed by atoms with E-state index in [9.17, 15) is 4.79 Å². The van der Waals surface area contributed by atoms with Crippen LogP contribution >= 0.6 is 23.1 Å². The molecule has 0 bridgehead atoms. The van der Waals surface area contributed by atoms with Crippen LogP contribution in [-0.2, 0) is 12.8 Å². The Morgan fingerprint density at radius 3 is 2.80 bits per heavy atom. The van der Waals surface area contributed by atoms with Crippen molar-refractivity contribution in [3.8, 4) is 11.4 Å². The van der Waals surface area contributed by atoms with Gasteiger partial charge in [0.25, 0.3) is 5.56 Å². The molecule has 0 radical (unpaired) electrons. The number of rotatable bonds is 4. The van der Waals surface area contributed by atoms with Crippen LogP contribution in [0.3, 0.4) is 0 Å². The minimum atomic E-state index is -0.153. The highest BCUT2D eigenvalue weighted by molar-refractivity contribution is 7.98. The number of aromatic nitrogens is 6. The molecule has 0 atom stereocenters. The first-order chi connectivity index (χ1) is 12.1. The number of hydrogen-bond donors (Lipinski definition) is 0. The van der Waals surface area contributed by atoms with E-state index >= 15 is 0 Å². The average molecular weight is 370 g/mol. The summed E-state index contributed by atoms with van der Waals surface area (Å²) >= 11 is 2.95. The Labute approximate surface area is 151 Å². The van der Waals surface area contributed by atoms with Gasteiger partial charge < -0.3 is 4.57 Å². The molecule has 0 unspecified atom stereocenters. The van der Waals surface area contributed by atoms with Gasteiger partial charge in [0.2, 0.25) is 4.96 Å². The highest BCUT2D eigenvalue weighted by atomic mass is 32.2. The predicted molar refractivity (Wildman–Crippen MR) is 97.9 cm³/mol. The molecule has 9 heteroatoms. The van der Waals surface area contributed by atoms with Crippen LogP contribution in [0, 0.1) is 6.92 Å². The molecule has 4 rings (SSSR count). The second kappa shape index (κ2) is 6.41. The van der Waals surface area contributed by atoms with Crippen molar-refractivity contribution in [1.29, 1.82) is 0 Å². The number of hydrogen-bond acceptors (Lipinski definition) is 7. The van der Waals surface area contributed by atoms with E-state index < -0.39 is 0 Å². The van der Waals surface area contributed by atoms with Crippen LogP contribution in [0.2, 0.25) is 0 Å². The summed E-state index contributed by atoms with van der Waals surface area (Å²) in [6.45, 7) is 1.81. The Balaban J connectivity index is 1.57. The second-order valence-electron chi connectivity index (χ2n) is 5.45. The normalized spacial score (nSPS) is 11.3. The van der Waals surface area contributed by atoms with Gasteiger partial charge in [0.1, 0.15) is 5.01 Å². The molecular weight excluding hydrogens is 356 g/mol. The molecule has 25 heavy (non-hydrogen) atoms. The number of benzene rings is 1. The predicted octanol–water partition coefficient (Wildman–Crippen LogP) is 2.55. The smallest absolute Gasteiger partial charge is 0.275 e. The van der Waals surface area contributed by atoms with Crippen molar-refractivity contribution in [3.05, 3.63) is 57.5 Å². The third-order valence-corrected chi connectivity index (χ3v) is 5.73. The monoisotopic (exact) mass is 370 g/mol. The lowest BCUT2D eigenvalue weighted by Gasteiger charge is -2.02. The van der Waals surface area contributed by atoms with Crippen molar-refractivity contribution in [2.24, 2.45) is 7.05 Å². The van der Waals surface area contributed by atoms with Gasteiger partial charge in [-0.3, -0.25) is 4.79 Å². The second-order valence-corrected chi connectivity index (χ2v) is 7.43. The fourth-order valence-corrected chi connectivity index (χ4v) is 4.27. The largest absolute Gasteiger partial charge is 0.305 e. The lowest BCUT2D eigenvalue weighted by atomic mass is 10.2. The van der Waals surface area contributed by atoms with Crippen molar-refractivity contribution in [1.82, 2.24) is 29.4 Å². The summed E-state index contributed by atoms with van der Waals surface area (Å²) in [6, 6.07) is 11.4. The quantitative estimate of drug-likeness (QED) is 0.514. The highest BCUT2D eigenvalue weighted by Gasteiger charge is 2.13. The topological polar surface area (TPSA) is 78.0 Å². The molecule has 0 spiro atoms. The maximum atomic E-state index is 11.9. The van der Waals surface area contributed by atoms with Gasteiger partial charge in [0.15, 0.2) is 11.0 Å². The summed E-state index contributed by atoms with van der Waals surface area (Å²) in [7, 11) is 1.94. The molecule has 4 aromatic rings. The molecule has 0 saturated heterocycles. The molecule has 126 valence electrons. The molecule has 0 N–H and O–H groups in total. The van der Waals surface area contributed by atoms with E-state index in [1.165, 1.54) is 33.7 Å². The van der Waals surface area contributed by atoms with Crippen molar-refractivity contribution >= 4 is 28.1 Å². The zero-order valence-corrected chi connectivity index (χ0v) is 15.2. The number of aryl methyl sites for hydroxylation is 1. The standard InChI is InChI=1S/C16H14N6OS2/c1-10-8-13(23)22-15(17-10)25-12(20-22)9-24-16-19-18-14(21(16)2)11-6-4-3-5-7-11/h3-8H,9H2,1-2H3. The van der Waals surface area contributed by atoms with Gasteiger partial charge in [-0.1, -0.05) is 53.4 Å². The fourth-order valence-electron chi connectivity index (χ4n) is 2.42. The van der Waals surface area contributed by atoms with Crippen molar-refractivity contribution in [3.63, 3.8) is 0 Å². The first-order valence-electron chi connectivity index (χ1n) is 7.56. The van der Waals surface area contributed by atoms with E-state index in [0.717, 1.165) is 21.6 Å². The summed E-state index contributed by atoms with van der Waals surface area (Å²) in [5.74, 6) is 1.42. The highest BCUT2D eigenvalue weighted by Crippen LogP contribution is 2.26. The zero-order chi connectivity index (χ0) is 17.4. The van der Waals surface area contributed by atoms with Gasteiger partial charge in [0.05, 0.1) is 5.75 Å². The molecule has 1 aromatic carbocycles. The Hall–Kier alpha value is -2.52. The van der Waals surface area contributed by atoms with Gasteiger partial charge in [-0.2, -0.15) is 9.61 Å². The maximum Gasteiger partial charge on any atom is 0.275 e. The molecule has 0 aliphatic rings. The van der Waals surface area contributed by atoms with E-state index in [2.05, 4.69) is 20.3 Å². The summed E-state index contributed by atoms with van der Waals surface area (Å²) in [5, 5.41) is 14.5. The van der Waals surface area contributed by atoms with Crippen LogP contribution < -0.4 is 5.56 Å². The van der Waals surface area contributed by atoms with Crippen LogP contribution in [0.15, 0.2) is 46.3 Å². The summed E-state index contributed by atoms with van der Waals surface area (Å²) in [4.78, 5) is 16.9. The van der Waals surface area contributed by atoms with Gasteiger partial charge in [-0.25, -0.2) is 4.98 Å². The molecular formula is C16H14N6OS2. The first-order valence-corrected chi connectivity index (χ1v) is 9.36. The minimum Gasteiger partial charge on any atom is -0.305 e. The third-order valence-electron chi connectivity index (χ3n) is 3.61. The molecule has 7 nitrogen and oxygen atoms in total. The maximum absolute atomic E-state index is 11.9. The van der Waals surface area contributed by atoms with E-state index in [-0.39, 0.29) is 5.56 Å². The summed E-state index contributed by atoms with van der Waals surface area (Å²) in [5.41, 5.74) is 1.57. The molecule has 0 fully saturated rings. The summed E-state index contributed by atoms with van der Waals surface area (Å²) < 4.78 is 3.31. The van der Waals surface area contributed by atoms with Crippen LogP contribution in [-0.4, -0.2) is 29.4 Å². The molecule has 3 heterocycles. The van der Waals surface area contributed by atoms with Gasteiger partial charge in [-0.05, 0) is 6.92 Å². The van der Waals surface area contributed by atoms with E-state index in [1.54, 1.807) is 6.92 Å². The number of fused-ring (bicyclic) bond motifs is 1. The van der Waals surface area contributed by atoms with Gasteiger partial charge in [-0.15, -0.1) is 10.2 Å². The number of nitrogens with zero attached hydrogens (tertiary/aromatic N) is 6. The van der Waals surface area contributed by atoms with Crippen molar-refractivity contribution in [2.75, 3.05) is 0 Å². The Bertz CT molecular complexity index is 1100. The van der Waals surface area contributed by atoms with Crippen LogP contribution in [0.5, 0.6) is 0 Å². The Morgan fingerprint density at radius 2 is 2.00 bits per heavy atom. The van der Waals surface area contributed by atoms with Crippen molar-refractivity contribution < 1.29 is 0 Å². The van der Waals surface area contributed by atoms with E-state index in [1.807, 2.05) is 41.9 Å². The minimum absolute atomic E-state index is 0.153.